The molecule has 2 rings (SSSR count). The topological polar surface area (TPSA) is 59.9 Å². The summed E-state index contributed by atoms with van der Waals surface area (Å²) in [6.07, 6.45) is 0. The van der Waals surface area contributed by atoms with Crippen molar-refractivity contribution in [2.75, 3.05) is 14.2 Å². The number of likely N-dealkylation sites (N-methyl/N-ethyl adjacent to an activating group) is 1. The van der Waals surface area contributed by atoms with Crippen molar-refractivity contribution >= 4 is 11.6 Å². The number of rotatable bonds is 6. The predicted octanol–water partition coefficient (Wildman–Crippen LogP) is 2.64. The summed E-state index contributed by atoms with van der Waals surface area (Å²) in [4.78, 5) is 16.7. The molecule has 0 heterocycles. The van der Waals surface area contributed by atoms with Crippen molar-refractivity contribution in [3.8, 4) is 5.75 Å². The third kappa shape index (κ3) is 4.07. The molecule has 0 aliphatic rings. The van der Waals surface area contributed by atoms with Gasteiger partial charge >= 0.3 is 0 Å². The molecule has 0 saturated heterocycles. The van der Waals surface area contributed by atoms with Crippen LogP contribution in [0.3, 0.4) is 0 Å². The van der Waals surface area contributed by atoms with E-state index in [9.17, 15) is 13.6 Å². The van der Waals surface area contributed by atoms with Crippen molar-refractivity contribution in [1.82, 2.24) is 5.32 Å². The molecular formula is C17H16F2N2O3. The van der Waals surface area contributed by atoms with Crippen LogP contribution in [0.5, 0.6) is 5.75 Å². The first kappa shape index (κ1) is 17.4. The number of nitrogens with one attached hydrogen (secondary N) is 1. The predicted molar refractivity (Wildman–Crippen MR) is 84.7 cm³/mol. The third-order valence-electron chi connectivity index (χ3n) is 3.17. The average Bonchev–Trinajstić information content (AvgIpc) is 2.60. The molecule has 0 saturated carbocycles. The van der Waals surface area contributed by atoms with Crippen LogP contribution < -0.4 is 10.1 Å². The van der Waals surface area contributed by atoms with E-state index >= 15 is 0 Å². The zero-order chi connectivity index (χ0) is 17.5. The second-order valence-corrected chi connectivity index (χ2v) is 4.72. The first-order chi connectivity index (χ1) is 11.6. The van der Waals surface area contributed by atoms with Gasteiger partial charge in [0.2, 0.25) is 0 Å². The highest BCUT2D eigenvalue weighted by molar-refractivity contribution is 6.45. The smallest absolute Gasteiger partial charge is 0.273 e. The lowest BCUT2D eigenvalue weighted by atomic mass is 10.0. The highest BCUT2D eigenvalue weighted by Gasteiger charge is 2.17. The first-order valence-corrected chi connectivity index (χ1v) is 7.06. The van der Waals surface area contributed by atoms with E-state index in [0.717, 1.165) is 18.2 Å². The van der Waals surface area contributed by atoms with Crippen molar-refractivity contribution < 1.29 is 23.1 Å². The minimum atomic E-state index is -0.675. The largest absolute Gasteiger partial charge is 0.486 e. The van der Waals surface area contributed by atoms with E-state index in [2.05, 4.69) is 10.5 Å². The number of halogens is 2. The van der Waals surface area contributed by atoms with Crippen LogP contribution in [-0.4, -0.2) is 25.8 Å². The van der Waals surface area contributed by atoms with E-state index in [1.165, 1.54) is 14.2 Å². The lowest BCUT2D eigenvalue weighted by Crippen LogP contribution is -2.29. The monoisotopic (exact) mass is 334 g/mol. The summed E-state index contributed by atoms with van der Waals surface area (Å²) < 4.78 is 32.2. The minimum absolute atomic E-state index is 0.0546. The normalized spacial score (nSPS) is 11.1. The van der Waals surface area contributed by atoms with Gasteiger partial charge in [-0.3, -0.25) is 4.79 Å². The van der Waals surface area contributed by atoms with Gasteiger partial charge in [0.25, 0.3) is 5.91 Å². The van der Waals surface area contributed by atoms with Gasteiger partial charge in [0.15, 0.2) is 17.3 Å². The second kappa shape index (κ2) is 8.05. The van der Waals surface area contributed by atoms with Crippen molar-refractivity contribution in [3.63, 3.8) is 0 Å². The van der Waals surface area contributed by atoms with Gasteiger partial charge in [-0.15, -0.1) is 0 Å². The van der Waals surface area contributed by atoms with E-state index < -0.39 is 17.5 Å². The zero-order valence-corrected chi connectivity index (χ0v) is 13.2. The maximum Gasteiger partial charge on any atom is 0.273 e. The van der Waals surface area contributed by atoms with Crippen LogP contribution in [0.15, 0.2) is 47.6 Å². The number of nitrogens with zero attached hydrogens (tertiary/aromatic N) is 1. The van der Waals surface area contributed by atoms with Crippen LogP contribution in [0, 0.1) is 11.6 Å². The van der Waals surface area contributed by atoms with Crippen LogP contribution in [0.1, 0.15) is 11.1 Å². The summed E-state index contributed by atoms with van der Waals surface area (Å²) >= 11 is 0. The summed E-state index contributed by atoms with van der Waals surface area (Å²) in [7, 11) is 2.79. The summed E-state index contributed by atoms with van der Waals surface area (Å²) in [5.74, 6) is -1.94. The van der Waals surface area contributed by atoms with Gasteiger partial charge in [-0.25, -0.2) is 8.78 Å². The van der Waals surface area contributed by atoms with Crippen molar-refractivity contribution in [3.05, 3.63) is 65.2 Å². The Morgan fingerprint density at radius 2 is 1.96 bits per heavy atom. The van der Waals surface area contributed by atoms with Crippen molar-refractivity contribution in [1.29, 1.82) is 0 Å². The summed E-state index contributed by atoms with van der Waals surface area (Å²) in [6.45, 7) is -0.0731. The average molecular weight is 334 g/mol. The molecule has 0 bridgehead atoms. The Bertz CT molecular complexity index is 763. The van der Waals surface area contributed by atoms with Gasteiger partial charge in [0.05, 0.1) is 0 Å². The fourth-order valence-corrected chi connectivity index (χ4v) is 2.04. The zero-order valence-electron chi connectivity index (χ0n) is 13.2. The number of oxime groups is 1. The maximum atomic E-state index is 13.6. The molecule has 0 aliphatic carbocycles. The van der Waals surface area contributed by atoms with E-state index in [4.69, 9.17) is 9.57 Å². The number of amides is 1. The lowest BCUT2D eigenvalue weighted by molar-refractivity contribution is -0.114. The Balaban J connectivity index is 2.30. The molecule has 0 radical (unpaired) electrons. The molecule has 1 N–H and O–H groups in total. The molecule has 0 fully saturated rings. The van der Waals surface area contributed by atoms with Gasteiger partial charge in [-0.05, 0) is 17.7 Å². The Morgan fingerprint density at radius 1 is 1.21 bits per heavy atom. The van der Waals surface area contributed by atoms with Crippen LogP contribution in [0.25, 0.3) is 0 Å². The van der Waals surface area contributed by atoms with E-state index in [1.807, 2.05) is 0 Å². The van der Waals surface area contributed by atoms with Gasteiger partial charge in [0.1, 0.15) is 19.5 Å². The molecule has 0 aliphatic heterocycles. The standard InChI is InChI=1S/C17H16F2N2O3/c1-20-17(22)16(21-23-2)13-6-4-3-5-11(13)10-24-15-9-12(18)7-8-14(15)19/h3-9H,10H2,1-2H3,(H,20,22)/b21-16+. The summed E-state index contributed by atoms with van der Waals surface area (Å²) in [5, 5.41) is 6.19. The Morgan fingerprint density at radius 3 is 2.67 bits per heavy atom. The van der Waals surface area contributed by atoms with E-state index in [0.29, 0.717) is 11.1 Å². The van der Waals surface area contributed by atoms with Crippen LogP contribution in [-0.2, 0) is 16.2 Å². The van der Waals surface area contributed by atoms with Crippen molar-refractivity contribution in [2.45, 2.75) is 6.61 Å². The molecule has 2 aromatic rings. The number of benzene rings is 2. The number of ether oxygens (including phenoxy) is 1. The fourth-order valence-electron chi connectivity index (χ4n) is 2.04. The number of hydrogen-bond acceptors (Lipinski definition) is 4. The quantitative estimate of drug-likeness (QED) is 0.653. The third-order valence-corrected chi connectivity index (χ3v) is 3.17. The first-order valence-electron chi connectivity index (χ1n) is 7.06. The van der Waals surface area contributed by atoms with Gasteiger partial charge in [0, 0.05) is 18.7 Å². The molecule has 126 valence electrons. The number of carbonyl (C=O) groups excluding carboxylic acids is 1. The van der Waals surface area contributed by atoms with Gasteiger partial charge in [-0.1, -0.05) is 29.4 Å². The molecule has 0 aromatic heterocycles. The van der Waals surface area contributed by atoms with Crippen LogP contribution in [0.2, 0.25) is 0 Å². The number of carbonyl (C=O) groups is 1. The highest BCUT2D eigenvalue weighted by Crippen LogP contribution is 2.20. The molecule has 0 spiro atoms. The molecule has 1 amide bonds. The van der Waals surface area contributed by atoms with Crippen molar-refractivity contribution in [2.24, 2.45) is 5.16 Å². The molecular weight excluding hydrogens is 318 g/mol. The Hall–Kier alpha value is -2.96. The molecule has 0 atom stereocenters. The Labute approximate surface area is 137 Å². The van der Waals surface area contributed by atoms with Crippen LogP contribution in [0.4, 0.5) is 8.78 Å². The van der Waals surface area contributed by atoms with Gasteiger partial charge < -0.3 is 14.9 Å². The SMILES string of the molecule is CNC(=O)/C(=N/OC)c1ccccc1COc1cc(F)ccc1F. The van der Waals surface area contributed by atoms with Crippen LogP contribution >= 0.6 is 0 Å². The van der Waals surface area contributed by atoms with E-state index in [1.54, 1.807) is 24.3 Å². The highest BCUT2D eigenvalue weighted by atomic mass is 19.1. The Kier molecular flexibility index (Phi) is 5.83. The second-order valence-electron chi connectivity index (χ2n) is 4.72. The summed E-state index contributed by atoms with van der Waals surface area (Å²) in [5.41, 5.74) is 1.09. The molecule has 5 nitrogen and oxygen atoms in total. The summed E-state index contributed by atoms with van der Waals surface area (Å²) in [6, 6.07) is 9.76. The molecule has 0 unspecified atom stereocenters. The molecule has 24 heavy (non-hydrogen) atoms. The maximum absolute atomic E-state index is 13.6. The fraction of sp³-hybridized carbons (Fsp3) is 0.176. The lowest BCUT2D eigenvalue weighted by Gasteiger charge is -2.12. The van der Waals surface area contributed by atoms with E-state index in [-0.39, 0.29) is 18.1 Å². The van der Waals surface area contributed by atoms with Gasteiger partial charge in [-0.2, -0.15) is 0 Å². The molecule has 7 heteroatoms. The number of hydrogen-bond donors (Lipinski definition) is 1. The minimum Gasteiger partial charge on any atom is -0.486 e. The molecule has 2 aromatic carbocycles.